The third-order valence-electron chi connectivity index (χ3n) is 3.20. The summed E-state index contributed by atoms with van der Waals surface area (Å²) in [5.74, 6) is -1.85. The lowest BCUT2D eigenvalue weighted by Crippen LogP contribution is -1.90. The molecule has 2 aromatic carbocycles. The fraction of sp³-hybridized carbons (Fsp3) is 0. The zero-order chi connectivity index (χ0) is 13.9. The van der Waals surface area contributed by atoms with E-state index >= 15 is 0 Å². The van der Waals surface area contributed by atoms with Gasteiger partial charge < -0.3 is 4.98 Å². The molecule has 0 aliphatic rings. The molecule has 0 saturated carbocycles. The third-order valence-corrected chi connectivity index (χ3v) is 3.69. The van der Waals surface area contributed by atoms with Gasteiger partial charge in [-0.2, -0.15) is 0 Å². The number of H-pyrrole nitrogens is 1. The van der Waals surface area contributed by atoms with Crippen molar-refractivity contribution in [1.82, 2.24) is 15.0 Å². The first-order valence-electron chi connectivity index (χ1n) is 5.85. The Morgan fingerprint density at radius 2 is 1.65 bits per heavy atom. The van der Waals surface area contributed by atoms with E-state index < -0.39 is 11.6 Å². The molecule has 0 aliphatic heterocycles. The van der Waals surface area contributed by atoms with E-state index in [2.05, 4.69) is 30.9 Å². The summed E-state index contributed by atoms with van der Waals surface area (Å²) in [6.07, 6.45) is 0. The fourth-order valence-electron chi connectivity index (χ4n) is 2.28. The van der Waals surface area contributed by atoms with Crippen molar-refractivity contribution in [1.29, 1.82) is 0 Å². The number of nitrogens with zero attached hydrogens (tertiary/aromatic N) is 2. The van der Waals surface area contributed by atoms with Crippen molar-refractivity contribution < 1.29 is 8.78 Å². The van der Waals surface area contributed by atoms with E-state index in [1.54, 1.807) is 0 Å². The lowest BCUT2D eigenvalue weighted by atomic mass is 10.2. The quantitative estimate of drug-likeness (QED) is 0.521. The predicted molar refractivity (Wildman–Crippen MR) is 76.5 cm³/mol. The van der Waals surface area contributed by atoms with Crippen LogP contribution in [0, 0.1) is 11.6 Å². The molecule has 2 aromatic heterocycles. The molecule has 2 heterocycles. The second-order valence-electron chi connectivity index (χ2n) is 4.49. The molecule has 0 amide bonds. The van der Waals surface area contributed by atoms with Gasteiger partial charge >= 0.3 is 0 Å². The Bertz CT molecular complexity index is 994. The molecule has 0 spiro atoms. The van der Waals surface area contributed by atoms with Gasteiger partial charge in [-0.3, -0.25) is 0 Å². The number of fused-ring (bicyclic) bond motifs is 4. The summed E-state index contributed by atoms with van der Waals surface area (Å²) < 4.78 is 27.5. The maximum atomic E-state index is 13.3. The second kappa shape index (κ2) is 3.96. The van der Waals surface area contributed by atoms with Crippen molar-refractivity contribution in [2.45, 2.75) is 0 Å². The number of rotatable bonds is 0. The van der Waals surface area contributed by atoms with Crippen molar-refractivity contribution in [3.63, 3.8) is 0 Å². The molecule has 0 saturated heterocycles. The van der Waals surface area contributed by atoms with Crippen LogP contribution in [0.4, 0.5) is 8.78 Å². The smallest absolute Gasteiger partial charge is 0.161 e. The van der Waals surface area contributed by atoms with Crippen molar-refractivity contribution >= 4 is 49.0 Å². The average Bonchev–Trinajstić information content (AvgIpc) is 2.74. The summed E-state index contributed by atoms with van der Waals surface area (Å²) in [4.78, 5) is 11.8. The van der Waals surface area contributed by atoms with Crippen LogP contribution in [0.25, 0.3) is 33.1 Å². The van der Waals surface area contributed by atoms with Gasteiger partial charge in [0.05, 0.1) is 16.6 Å². The number of aromatic nitrogens is 3. The monoisotopic (exact) mass is 333 g/mol. The van der Waals surface area contributed by atoms with E-state index in [-0.39, 0.29) is 0 Å². The van der Waals surface area contributed by atoms with Crippen LogP contribution in [-0.4, -0.2) is 15.0 Å². The Kier molecular flexibility index (Phi) is 2.32. The van der Waals surface area contributed by atoms with Crippen molar-refractivity contribution in [2.75, 3.05) is 0 Å². The molecule has 98 valence electrons. The van der Waals surface area contributed by atoms with Gasteiger partial charge in [-0.1, -0.05) is 15.9 Å². The highest BCUT2D eigenvalue weighted by molar-refractivity contribution is 9.10. The minimum Gasteiger partial charge on any atom is -0.338 e. The molecule has 3 nitrogen and oxygen atoms in total. The molecule has 6 heteroatoms. The molecule has 20 heavy (non-hydrogen) atoms. The summed E-state index contributed by atoms with van der Waals surface area (Å²) in [5, 5.41) is 0.891. The summed E-state index contributed by atoms with van der Waals surface area (Å²) >= 11 is 3.39. The van der Waals surface area contributed by atoms with Crippen LogP contribution in [0.5, 0.6) is 0 Å². The summed E-state index contributed by atoms with van der Waals surface area (Å²) in [6, 6.07) is 7.82. The number of halogens is 3. The van der Waals surface area contributed by atoms with E-state index in [0.717, 1.165) is 27.5 Å². The number of aromatic amines is 1. The number of benzene rings is 2. The summed E-state index contributed by atoms with van der Waals surface area (Å²) in [5.41, 5.74) is 2.72. The first-order valence-corrected chi connectivity index (χ1v) is 6.65. The van der Waals surface area contributed by atoms with E-state index in [4.69, 9.17) is 0 Å². The van der Waals surface area contributed by atoms with E-state index in [1.807, 2.05) is 18.2 Å². The first kappa shape index (κ1) is 11.7. The highest BCUT2D eigenvalue weighted by atomic mass is 79.9. The van der Waals surface area contributed by atoms with Gasteiger partial charge in [0.2, 0.25) is 0 Å². The van der Waals surface area contributed by atoms with Crippen LogP contribution >= 0.6 is 15.9 Å². The predicted octanol–water partition coefficient (Wildman–Crippen LogP) is 4.31. The largest absolute Gasteiger partial charge is 0.338 e. The Balaban J connectivity index is 2.18. The molecule has 0 fully saturated rings. The fourth-order valence-corrected chi connectivity index (χ4v) is 2.64. The Morgan fingerprint density at radius 1 is 0.950 bits per heavy atom. The first-order chi connectivity index (χ1) is 9.61. The van der Waals surface area contributed by atoms with Crippen LogP contribution in [0.15, 0.2) is 34.8 Å². The van der Waals surface area contributed by atoms with E-state index in [0.29, 0.717) is 22.2 Å². The lowest BCUT2D eigenvalue weighted by molar-refractivity contribution is 0.510. The minimum absolute atomic E-state index is 0.321. The number of nitrogens with one attached hydrogen (secondary N) is 1. The van der Waals surface area contributed by atoms with Crippen LogP contribution in [-0.2, 0) is 0 Å². The Labute approximate surface area is 119 Å². The van der Waals surface area contributed by atoms with Gasteiger partial charge in [-0.15, -0.1) is 0 Å². The zero-order valence-electron chi connectivity index (χ0n) is 9.92. The molecule has 4 aromatic rings. The minimum atomic E-state index is -0.926. The molecule has 0 bridgehead atoms. The molecule has 4 rings (SSSR count). The standard InChI is InChI=1S/C14H6BrF2N3/c15-6-1-2-7-10(3-6)19-14-13(7)18-11-4-8(16)9(17)5-12(11)20-14/h1-5H,(H,19,20). The van der Waals surface area contributed by atoms with Crippen molar-refractivity contribution in [3.8, 4) is 0 Å². The average molecular weight is 334 g/mol. The Morgan fingerprint density at radius 3 is 2.40 bits per heavy atom. The lowest BCUT2D eigenvalue weighted by Gasteiger charge is -1.98. The molecule has 0 aliphatic carbocycles. The normalized spacial score (nSPS) is 11.8. The second-order valence-corrected chi connectivity index (χ2v) is 5.41. The van der Waals surface area contributed by atoms with Crippen LogP contribution in [0.3, 0.4) is 0 Å². The molecular formula is C14H6BrF2N3. The maximum Gasteiger partial charge on any atom is 0.161 e. The van der Waals surface area contributed by atoms with Crippen LogP contribution in [0.2, 0.25) is 0 Å². The number of hydrogen-bond acceptors (Lipinski definition) is 2. The topological polar surface area (TPSA) is 41.6 Å². The molecule has 0 atom stereocenters. The Hall–Kier alpha value is -2.08. The van der Waals surface area contributed by atoms with Gasteiger partial charge in [0.25, 0.3) is 0 Å². The summed E-state index contributed by atoms with van der Waals surface area (Å²) in [6.45, 7) is 0. The van der Waals surface area contributed by atoms with E-state index in [1.165, 1.54) is 0 Å². The van der Waals surface area contributed by atoms with Gasteiger partial charge in [-0.05, 0) is 18.2 Å². The number of hydrogen-bond donors (Lipinski definition) is 1. The van der Waals surface area contributed by atoms with Crippen LogP contribution in [0.1, 0.15) is 0 Å². The van der Waals surface area contributed by atoms with Gasteiger partial charge in [0, 0.05) is 22.0 Å². The highest BCUT2D eigenvalue weighted by Crippen LogP contribution is 2.27. The highest BCUT2D eigenvalue weighted by Gasteiger charge is 2.11. The maximum absolute atomic E-state index is 13.3. The van der Waals surface area contributed by atoms with Crippen LogP contribution < -0.4 is 0 Å². The zero-order valence-corrected chi connectivity index (χ0v) is 11.5. The molecular weight excluding hydrogens is 328 g/mol. The van der Waals surface area contributed by atoms with Crippen molar-refractivity contribution in [3.05, 3.63) is 46.4 Å². The molecule has 0 radical (unpaired) electrons. The third kappa shape index (κ3) is 1.61. The summed E-state index contributed by atoms with van der Waals surface area (Å²) in [7, 11) is 0. The molecule has 1 N–H and O–H groups in total. The SMILES string of the molecule is Fc1cc2nc3[nH]c4cc(Br)ccc4c3nc2cc1F. The van der Waals surface area contributed by atoms with Gasteiger partial charge in [0.15, 0.2) is 17.3 Å². The van der Waals surface area contributed by atoms with E-state index in [9.17, 15) is 8.78 Å². The molecule has 0 unspecified atom stereocenters. The van der Waals surface area contributed by atoms with Gasteiger partial charge in [0.1, 0.15) is 5.52 Å². The van der Waals surface area contributed by atoms with Crippen molar-refractivity contribution in [2.24, 2.45) is 0 Å². The van der Waals surface area contributed by atoms with Gasteiger partial charge in [-0.25, -0.2) is 18.7 Å².